The molecule has 0 spiro atoms. The second kappa shape index (κ2) is 10.6. The molecular formula is C9H20N5O+. The molecule has 1 aliphatic heterocycles. The molecule has 1 saturated heterocycles. The number of hydrogen-bond donors (Lipinski definition) is 2. The van der Waals surface area contributed by atoms with Crippen molar-refractivity contribution in [2.75, 3.05) is 34.0 Å². The van der Waals surface area contributed by atoms with Crippen molar-refractivity contribution in [1.29, 1.82) is 10.5 Å². The van der Waals surface area contributed by atoms with E-state index in [2.05, 4.69) is 18.5 Å². The summed E-state index contributed by atoms with van der Waals surface area (Å²) < 4.78 is 6.22. The van der Waals surface area contributed by atoms with Crippen molar-refractivity contribution in [3.05, 3.63) is 0 Å². The molecule has 6 nitrogen and oxygen atoms in total. The lowest BCUT2D eigenvalue weighted by Crippen LogP contribution is -2.42. The van der Waals surface area contributed by atoms with Crippen LogP contribution in [0, 0.1) is 22.9 Å². The van der Waals surface area contributed by atoms with Crippen LogP contribution in [0.2, 0.25) is 0 Å². The third-order valence-electron chi connectivity index (χ3n) is 2.09. The number of methoxy groups -OCH3 is 1. The van der Waals surface area contributed by atoms with Gasteiger partial charge in [0.05, 0.1) is 20.1 Å². The highest BCUT2D eigenvalue weighted by atomic mass is 16.5. The van der Waals surface area contributed by atoms with E-state index in [-0.39, 0.29) is 0 Å². The molecule has 6 heteroatoms. The maximum Gasteiger partial charge on any atom is 0.182 e. The largest absolute Gasteiger partial charge is 0.337 e. The van der Waals surface area contributed by atoms with E-state index in [1.54, 1.807) is 7.11 Å². The highest BCUT2D eigenvalue weighted by molar-refractivity contribution is 4.48. The molecule has 0 aromatic heterocycles. The minimum absolute atomic E-state index is 0.889. The van der Waals surface area contributed by atoms with Crippen molar-refractivity contribution >= 4 is 0 Å². The van der Waals surface area contributed by atoms with E-state index in [0.717, 1.165) is 11.2 Å². The lowest BCUT2D eigenvalue weighted by atomic mass is 10.4. The number of quaternary nitrogens is 1. The molecular weight excluding hydrogens is 194 g/mol. The van der Waals surface area contributed by atoms with E-state index in [1.807, 2.05) is 0 Å². The molecule has 0 aromatic carbocycles. The lowest BCUT2D eigenvalue weighted by molar-refractivity contribution is -0.916. The van der Waals surface area contributed by atoms with Crippen molar-refractivity contribution in [2.24, 2.45) is 11.5 Å². The van der Waals surface area contributed by atoms with E-state index in [4.69, 9.17) is 15.3 Å². The van der Waals surface area contributed by atoms with Crippen LogP contribution in [-0.2, 0) is 4.74 Å². The number of nitrogens with zero attached hydrogens (tertiary/aromatic N) is 3. The zero-order chi connectivity index (χ0) is 12.2. The quantitative estimate of drug-likeness (QED) is 0.372. The van der Waals surface area contributed by atoms with Gasteiger partial charge in [0, 0.05) is 20.0 Å². The highest BCUT2D eigenvalue weighted by Crippen LogP contribution is 2.14. The normalized spacial score (nSPS) is 15.7. The van der Waals surface area contributed by atoms with Crippen LogP contribution in [0.5, 0.6) is 0 Å². The summed E-state index contributed by atoms with van der Waals surface area (Å²) in [6.45, 7) is 3.49. The molecule has 0 amide bonds. The van der Waals surface area contributed by atoms with Gasteiger partial charge in [-0.05, 0) is 0 Å². The van der Waals surface area contributed by atoms with Crippen LogP contribution in [0.4, 0.5) is 0 Å². The third kappa shape index (κ3) is 10.4. The Morgan fingerprint density at radius 3 is 1.80 bits per heavy atom. The number of hydrogen-bond acceptors (Lipinski definition) is 5. The van der Waals surface area contributed by atoms with Crippen molar-refractivity contribution in [3.8, 4) is 12.4 Å². The molecule has 0 aromatic rings. The fraction of sp³-hybridized carbons (Fsp3) is 0.778. The van der Waals surface area contributed by atoms with E-state index >= 15 is 0 Å². The van der Waals surface area contributed by atoms with Crippen LogP contribution in [0.3, 0.4) is 0 Å². The Labute approximate surface area is 91.2 Å². The zero-order valence-corrected chi connectivity index (χ0v) is 9.44. The monoisotopic (exact) mass is 214 g/mol. The molecule has 1 aliphatic rings. The van der Waals surface area contributed by atoms with Crippen molar-refractivity contribution in [1.82, 2.24) is 0 Å². The summed E-state index contributed by atoms with van der Waals surface area (Å²) in [6.07, 6.45) is 5.25. The van der Waals surface area contributed by atoms with E-state index in [9.17, 15) is 0 Å². The molecule has 0 bridgehead atoms. The van der Waals surface area contributed by atoms with Gasteiger partial charge in [0.15, 0.2) is 19.1 Å². The molecule has 0 aliphatic carbocycles. The minimum atomic E-state index is 0.889. The van der Waals surface area contributed by atoms with Gasteiger partial charge in [-0.25, -0.2) is 0 Å². The van der Waals surface area contributed by atoms with E-state index < -0.39 is 0 Å². The van der Waals surface area contributed by atoms with Gasteiger partial charge in [-0.3, -0.25) is 0 Å². The SMILES string of the molecule is COC[N+]1(C)CCCC1.N#CN.N#CN. The molecule has 4 N–H and O–H groups in total. The summed E-state index contributed by atoms with van der Waals surface area (Å²) in [5, 5.41) is 14.2. The molecule has 15 heavy (non-hydrogen) atoms. The predicted octanol–water partition coefficient (Wildman–Crippen LogP) is -0.317. The Bertz CT molecular complexity index is 200. The first-order chi connectivity index (χ1) is 7.10. The molecule has 1 rings (SSSR count). The van der Waals surface area contributed by atoms with E-state index in [0.29, 0.717) is 0 Å². The predicted molar refractivity (Wildman–Crippen MR) is 56.6 cm³/mol. The Morgan fingerprint density at radius 2 is 1.53 bits per heavy atom. The molecule has 0 unspecified atom stereocenters. The Kier molecular flexibility index (Phi) is 11.2. The van der Waals surface area contributed by atoms with Crippen LogP contribution >= 0.6 is 0 Å². The number of ether oxygens (including phenoxy) is 1. The van der Waals surface area contributed by atoms with Crippen LogP contribution in [0.15, 0.2) is 0 Å². The first-order valence-corrected chi connectivity index (χ1v) is 4.62. The second-order valence-corrected chi connectivity index (χ2v) is 3.45. The van der Waals surface area contributed by atoms with Gasteiger partial charge < -0.3 is 20.7 Å². The summed E-state index contributed by atoms with van der Waals surface area (Å²) in [5.41, 5.74) is 8.31. The zero-order valence-electron chi connectivity index (χ0n) is 9.44. The average Bonchev–Trinajstić information content (AvgIpc) is 2.55. The van der Waals surface area contributed by atoms with Gasteiger partial charge in [-0.1, -0.05) is 0 Å². The molecule has 1 fully saturated rings. The second-order valence-electron chi connectivity index (χ2n) is 3.45. The van der Waals surface area contributed by atoms with Crippen LogP contribution < -0.4 is 11.5 Å². The van der Waals surface area contributed by atoms with Gasteiger partial charge in [-0.2, -0.15) is 10.5 Å². The Balaban J connectivity index is 0. The number of nitrogens with two attached hydrogens (primary N) is 2. The molecule has 86 valence electrons. The number of rotatable bonds is 2. The van der Waals surface area contributed by atoms with Gasteiger partial charge >= 0.3 is 0 Å². The minimum Gasteiger partial charge on any atom is -0.337 e. The summed E-state index contributed by atoms with van der Waals surface area (Å²) in [6, 6.07) is 0. The van der Waals surface area contributed by atoms with Crippen molar-refractivity contribution in [3.63, 3.8) is 0 Å². The first kappa shape index (κ1) is 15.9. The van der Waals surface area contributed by atoms with Gasteiger partial charge in [0.2, 0.25) is 0 Å². The standard InChI is InChI=1S/C7H16NO.2CH2N2/c1-8(7-9-2)5-3-4-6-8;2*2-1-3/h3-7H2,1-2H3;2*2H2/q+1;;. The highest BCUT2D eigenvalue weighted by Gasteiger charge is 2.25. The maximum atomic E-state index is 7.10. The topological polar surface area (TPSA) is 109 Å². The fourth-order valence-corrected chi connectivity index (χ4v) is 1.54. The fourth-order valence-electron chi connectivity index (χ4n) is 1.54. The van der Waals surface area contributed by atoms with Crippen molar-refractivity contribution in [2.45, 2.75) is 12.8 Å². The van der Waals surface area contributed by atoms with Gasteiger partial charge in [-0.15, -0.1) is 0 Å². The summed E-state index contributed by atoms with van der Waals surface area (Å²) in [4.78, 5) is 0. The summed E-state index contributed by atoms with van der Waals surface area (Å²) >= 11 is 0. The molecule has 0 radical (unpaired) electrons. The van der Waals surface area contributed by atoms with Gasteiger partial charge in [0.1, 0.15) is 0 Å². The Morgan fingerprint density at radius 1 is 1.20 bits per heavy atom. The van der Waals surface area contributed by atoms with Gasteiger partial charge in [0.25, 0.3) is 0 Å². The smallest absolute Gasteiger partial charge is 0.182 e. The average molecular weight is 214 g/mol. The lowest BCUT2D eigenvalue weighted by Gasteiger charge is -2.27. The first-order valence-electron chi connectivity index (χ1n) is 4.62. The maximum absolute atomic E-state index is 7.10. The van der Waals surface area contributed by atoms with E-state index in [1.165, 1.54) is 38.3 Å². The molecule has 0 saturated carbocycles. The summed E-state index contributed by atoms with van der Waals surface area (Å²) in [5.74, 6) is 0. The summed E-state index contributed by atoms with van der Waals surface area (Å²) in [7, 11) is 4.04. The molecule has 0 atom stereocenters. The van der Waals surface area contributed by atoms with Crippen LogP contribution in [0.25, 0.3) is 0 Å². The van der Waals surface area contributed by atoms with Crippen molar-refractivity contribution < 1.29 is 9.22 Å². The number of nitriles is 2. The van der Waals surface area contributed by atoms with Crippen LogP contribution in [0.1, 0.15) is 12.8 Å². The Hall–Kier alpha value is -1.50. The van der Waals surface area contributed by atoms with Crippen LogP contribution in [-0.4, -0.2) is 38.5 Å². The third-order valence-corrected chi connectivity index (χ3v) is 2.09. The molecule has 1 heterocycles. The number of likely N-dealkylation sites (tertiary alicyclic amines) is 1.